The van der Waals surface area contributed by atoms with Crippen LogP contribution in [0.5, 0.6) is 0 Å². The maximum Gasteiger partial charge on any atom is 0.146 e. The van der Waals surface area contributed by atoms with Crippen LogP contribution < -0.4 is 0 Å². The molecule has 0 N–H and O–H groups in total. The average molecular weight is 403 g/mol. The number of benzene rings is 1. The summed E-state index contributed by atoms with van der Waals surface area (Å²) in [6.07, 6.45) is 2.46. The minimum Gasteiger partial charge on any atom is -0.236 e. The van der Waals surface area contributed by atoms with Crippen LogP contribution in [0.4, 0.5) is 0 Å². The zero-order valence-corrected chi connectivity index (χ0v) is 13.9. The van der Waals surface area contributed by atoms with Gasteiger partial charge in [-0.25, -0.2) is 9.97 Å². The molecular weight excluding hydrogens is 391 g/mol. The van der Waals surface area contributed by atoms with E-state index in [1.54, 1.807) is 11.8 Å². The Kier molecular flexibility index (Phi) is 4.29. The summed E-state index contributed by atoms with van der Waals surface area (Å²) in [5.41, 5.74) is 1.14. The molecule has 1 aliphatic carbocycles. The zero-order chi connectivity index (χ0) is 13.2. The lowest BCUT2D eigenvalue weighted by Gasteiger charge is -2.07. The van der Waals surface area contributed by atoms with Gasteiger partial charge < -0.3 is 0 Å². The molecule has 1 aromatic heterocycles. The SMILES string of the molecule is Clc1nc(CSc2ccccc2)nc(C2CC2)c1I. The Morgan fingerprint density at radius 1 is 1.21 bits per heavy atom. The van der Waals surface area contributed by atoms with Gasteiger partial charge in [0.25, 0.3) is 0 Å². The summed E-state index contributed by atoms with van der Waals surface area (Å²) in [6.45, 7) is 0. The fourth-order valence-corrected chi connectivity index (χ4v) is 3.49. The van der Waals surface area contributed by atoms with Gasteiger partial charge in [0.15, 0.2) is 0 Å². The van der Waals surface area contributed by atoms with Crippen molar-refractivity contribution >= 4 is 46.0 Å². The van der Waals surface area contributed by atoms with Crippen molar-refractivity contribution in [2.75, 3.05) is 0 Å². The van der Waals surface area contributed by atoms with E-state index in [4.69, 9.17) is 11.6 Å². The normalized spacial score (nSPS) is 14.6. The highest BCUT2D eigenvalue weighted by Crippen LogP contribution is 2.42. The number of nitrogens with zero attached hydrogens (tertiary/aromatic N) is 2. The molecule has 2 aromatic rings. The van der Waals surface area contributed by atoms with Crippen molar-refractivity contribution in [1.29, 1.82) is 0 Å². The maximum absolute atomic E-state index is 6.20. The van der Waals surface area contributed by atoms with Crippen molar-refractivity contribution in [3.05, 3.63) is 50.6 Å². The van der Waals surface area contributed by atoms with Crippen molar-refractivity contribution < 1.29 is 0 Å². The number of aromatic nitrogens is 2. The molecule has 5 heteroatoms. The molecule has 0 aliphatic heterocycles. The molecule has 0 spiro atoms. The summed E-state index contributed by atoms with van der Waals surface area (Å²) in [5, 5.41) is 0.598. The number of hydrogen-bond acceptors (Lipinski definition) is 3. The topological polar surface area (TPSA) is 25.8 Å². The lowest BCUT2D eigenvalue weighted by atomic mass is 10.3. The lowest BCUT2D eigenvalue weighted by Crippen LogP contribution is -2.01. The van der Waals surface area contributed by atoms with Crippen molar-refractivity contribution in [3.8, 4) is 0 Å². The van der Waals surface area contributed by atoms with E-state index in [1.165, 1.54) is 17.7 Å². The van der Waals surface area contributed by atoms with Crippen LogP contribution in [0.3, 0.4) is 0 Å². The Balaban J connectivity index is 1.77. The van der Waals surface area contributed by atoms with Crippen LogP contribution in [0.25, 0.3) is 0 Å². The van der Waals surface area contributed by atoms with Gasteiger partial charge in [0.2, 0.25) is 0 Å². The molecule has 3 rings (SSSR count). The van der Waals surface area contributed by atoms with Crippen LogP contribution in [-0.2, 0) is 5.75 Å². The van der Waals surface area contributed by atoms with Gasteiger partial charge in [-0.2, -0.15) is 0 Å². The summed E-state index contributed by atoms with van der Waals surface area (Å²) in [4.78, 5) is 10.3. The van der Waals surface area contributed by atoms with Gasteiger partial charge in [0.05, 0.1) is 15.0 Å². The van der Waals surface area contributed by atoms with E-state index in [9.17, 15) is 0 Å². The van der Waals surface area contributed by atoms with E-state index in [2.05, 4.69) is 44.7 Å². The minimum atomic E-state index is 0.598. The van der Waals surface area contributed by atoms with E-state index >= 15 is 0 Å². The highest BCUT2D eigenvalue weighted by atomic mass is 127. The number of hydrogen-bond donors (Lipinski definition) is 0. The number of halogens is 2. The maximum atomic E-state index is 6.20. The first-order chi connectivity index (χ1) is 9.24. The number of rotatable bonds is 4. The Labute approximate surface area is 135 Å². The molecule has 1 fully saturated rings. The van der Waals surface area contributed by atoms with Crippen LogP contribution in [0.1, 0.15) is 30.3 Å². The molecule has 0 amide bonds. The van der Waals surface area contributed by atoms with Gasteiger partial charge in [-0.1, -0.05) is 29.8 Å². The van der Waals surface area contributed by atoms with Gasteiger partial charge in [-0.15, -0.1) is 11.8 Å². The fraction of sp³-hybridized carbons (Fsp3) is 0.286. The molecule has 2 nitrogen and oxygen atoms in total. The van der Waals surface area contributed by atoms with E-state index in [0.717, 1.165) is 20.8 Å². The predicted molar refractivity (Wildman–Crippen MR) is 87.7 cm³/mol. The van der Waals surface area contributed by atoms with E-state index in [1.807, 2.05) is 18.2 Å². The van der Waals surface area contributed by atoms with Gasteiger partial charge >= 0.3 is 0 Å². The largest absolute Gasteiger partial charge is 0.236 e. The van der Waals surface area contributed by atoms with Gasteiger partial charge in [0, 0.05) is 10.8 Å². The predicted octanol–water partition coefficient (Wildman–Crippen LogP) is 4.90. The van der Waals surface area contributed by atoms with Crippen molar-refractivity contribution in [1.82, 2.24) is 9.97 Å². The third-order valence-corrected chi connectivity index (χ3v) is 5.62. The van der Waals surface area contributed by atoms with Crippen LogP contribution in [0, 0.1) is 3.57 Å². The third-order valence-electron chi connectivity index (χ3n) is 2.96. The molecule has 98 valence electrons. The summed E-state index contributed by atoms with van der Waals surface area (Å²) >= 11 is 10.2. The monoisotopic (exact) mass is 402 g/mol. The molecule has 0 bridgehead atoms. The van der Waals surface area contributed by atoms with Gasteiger partial charge in [-0.3, -0.25) is 0 Å². The summed E-state index contributed by atoms with van der Waals surface area (Å²) in [7, 11) is 0. The average Bonchev–Trinajstić information content (AvgIpc) is 3.25. The highest BCUT2D eigenvalue weighted by molar-refractivity contribution is 14.1. The summed E-state index contributed by atoms with van der Waals surface area (Å²) < 4.78 is 1.02. The Bertz CT molecular complexity index is 587. The highest BCUT2D eigenvalue weighted by Gasteiger charge is 2.29. The molecule has 0 radical (unpaired) electrons. The van der Waals surface area contributed by atoms with E-state index in [-0.39, 0.29) is 0 Å². The van der Waals surface area contributed by atoms with E-state index < -0.39 is 0 Å². The molecule has 19 heavy (non-hydrogen) atoms. The fourth-order valence-electron chi connectivity index (χ4n) is 1.84. The molecular formula is C14H12ClIN2S. The standard InChI is InChI=1S/C14H12ClIN2S/c15-14-12(16)13(9-6-7-9)17-11(18-14)8-19-10-4-2-1-3-5-10/h1-5,9H,6-8H2. The Morgan fingerprint density at radius 2 is 1.95 bits per heavy atom. The quantitative estimate of drug-likeness (QED) is 0.413. The third kappa shape index (κ3) is 3.41. The molecule has 1 heterocycles. The minimum absolute atomic E-state index is 0.598. The second-order valence-corrected chi connectivity index (χ2v) is 6.99. The Hall–Kier alpha value is -0.330. The van der Waals surface area contributed by atoms with Crippen LogP contribution in [-0.4, -0.2) is 9.97 Å². The first-order valence-electron chi connectivity index (χ1n) is 6.13. The molecule has 1 saturated carbocycles. The molecule has 1 aromatic carbocycles. The van der Waals surface area contributed by atoms with Gasteiger partial charge in [-0.05, 0) is 47.6 Å². The van der Waals surface area contributed by atoms with Crippen molar-refractivity contribution in [2.45, 2.75) is 29.4 Å². The molecule has 0 atom stereocenters. The first kappa shape index (κ1) is 13.6. The lowest BCUT2D eigenvalue weighted by molar-refractivity contribution is 0.918. The number of thioether (sulfide) groups is 1. The van der Waals surface area contributed by atoms with Crippen molar-refractivity contribution in [3.63, 3.8) is 0 Å². The van der Waals surface area contributed by atoms with Crippen molar-refractivity contribution in [2.24, 2.45) is 0 Å². The molecule has 0 saturated heterocycles. The van der Waals surface area contributed by atoms with Crippen LogP contribution >= 0.6 is 46.0 Å². The summed E-state index contributed by atoms with van der Waals surface area (Å²) in [6, 6.07) is 10.3. The Morgan fingerprint density at radius 3 is 2.63 bits per heavy atom. The van der Waals surface area contributed by atoms with E-state index in [0.29, 0.717) is 11.1 Å². The van der Waals surface area contributed by atoms with Crippen LogP contribution in [0.2, 0.25) is 5.15 Å². The van der Waals surface area contributed by atoms with Crippen LogP contribution in [0.15, 0.2) is 35.2 Å². The smallest absolute Gasteiger partial charge is 0.146 e. The second kappa shape index (κ2) is 5.97. The summed E-state index contributed by atoms with van der Waals surface area (Å²) in [5.74, 6) is 2.20. The zero-order valence-electron chi connectivity index (χ0n) is 10.1. The van der Waals surface area contributed by atoms with Gasteiger partial charge in [0.1, 0.15) is 11.0 Å². The molecule has 1 aliphatic rings. The molecule has 0 unspecified atom stereocenters. The second-order valence-electron chi connectivity index (χ2n) is 4.51. The first-order valence-corrected chi connectivity index (χ1v) is 8.58.